The van der Waals surface area contributed by atoms with E-state index in [-0.39, 0.29) is 17.3 Å². The average molecular weight is 481 g/mol. The van der Waals surface area contributed by atoms with Crippen LogP contribution < -0.4 is 0 Å². The number of hydrogen-bond acceptors (Lipinski definition) is 3. The fraction of sp³-hybridized carbons (Fsp3) is 0.438. The summed E-state index contributed by atoms with van der Waals surface area (Å²) in [6.07, 6.45) is 0.384. The van der Waals surface area contributed by atoms with Crippen LogP contribution in [0.4, 0.5) is 4.39 Å². The zero-order valence-corrected chi connectivity index (χ0v) is 17.7. The number of hydrogen-bond donors (Lipinski definition) is 1. The van der Waals surface area contributed by atoms with Crippen molar-refractivity contribution in [2.24, 2.45) is 0 Å². The van der Waals surface area contributed by atoms with E-state index in [1.807, 2.05) is 0 Å². The molecule has 0 spiro atoms. The first kappa shape index (κ1) is 19.7. The summed E-state index contributed by atoms with van der Waals surface area (Å²) >= 11 is 8.01. The van der Waals surface area contributed by atoms with E-state index in [0.717, 1.165) is 9.61 Å². The maximum Gasteiger partial charge on any atom is 0.166 e. The molecule has 0 fully saturated rings. The molecule has 2 aromatic rings. The van der Waals surface area contributed by atoms with Gasteiger partial charge in [-0.05, 0) is 34.7 Å². The van der Waals surface area contributed by atoms with Crippen molar-refractivity contribution in [3.8, 4) is 6.07 Å². The molecule has 0 bridgehead atoms. The molecule has 1 unspecified atom stereocenters. The molecule has 1 aromatic heterocycles. The Kier molecular flexibility index (Phi) is 6.31. The summed E-state index contributed by atoms with van der Waals surface area (Å²) in [7, 11) is -1.19. The van der Waals surface area contributed by atoms with Crippen molar-refractivity contribution in [1.82, 2.24) is 4.57 Å². The van der Waals surface area contributed by atoms with Crippen LogP contribution in [0.5, 0.6) is 0 Å². The van der Waals surface area contributed by atoms with Crippen molar-refractivity contribution in [1.29, 1.82) is 5.26 Å². The summed E-state index contributed by atoms with van der Waals surface area (Å²) in [5, 5.41) is 19.3. The lowest BCUT2D eigenvalue weighted by Crippen LogP contribution is -2.22. The normalized spacial score (nSPS) is 13.2. The van der Waals surface area contributed by atoms with E-state index in [4.69, 9.17) is 21.6 Å². The van der Waals surface area contributed by atoms with E-state index in [9.17, 15) is 9.50 Å². The van der Waals surface area contributed by atoms with Crippen molar-refractivity contribution in [2.45, 2.75) is 38.5 Å². The predicted molar refractivity (Wildman–Crippen MR) is 104 cm³/mol. The molecule has 8 heteroatoms. The molecule has 1 N–H and O–H groups in total. The van der Waals surface area contributed by atoms with Crippen LogP contribution in [0.1, 0.15) is 11.7 Å². The SMILES string of the molecule is C[Si](C)(C)CCOCn1cc(I)c2c(C(O)C#N)cc(Cl)c(F)c21. The Balaban J connectivity index is 2.39. The van der Waals surface area contributed by atoms with Gasteiger partial charge in [-0.2, -0.15) is 5.26 Å². The summed E-state index contributed by atoms with van der Waals surface area (Å²) in [6.45, 7) is 7.60. The van der Waals surface area contributed by atoms with Gasteiger partial charge < -0.3 is 14.4 Å². The van der Waals surface area contributed by atoms with Gasteiger partial charge in [0.2, 0.25) is 0 Å². The zero-order valence-electron chi connectivity index (χ0n) is 13.7. The third-order valence-electron chi connectivity index (χ3n) is 3.66. The number of nitrogens with zero attached hydrogens (tertiary/aromatic N) is 2. The minimum atomic E-state index is -1.36. The minimum Gasteiger partial charge on any atom is -0.374 e. The molecule has 130 valence electrons. The van der Waals surface area contributed by atoms with Crippen molar-refractivity contribution < 1.29 is 14.2 Å². The van der Waals surface area contributed by atoms with E-state index in [1.54, 1.807) is 16.8 Å². The molecule has 1 aromatic carbocycles. The second kappa shape index (κ2) is 7.70. The predicted octanol–water partition coefficient (Wildman–Crippen LogP) is 4.91. The van der Waals surface area contributed by atoms with Crippen LogP contribution in [-0.4, -0.2) is 24.4 Å². The van der Waals surface area contributed by atoms with Gasteiger partial charge in [-0.3, -0.25) is 0 Å². The lowest BCUT2D eigenvalue weighted by Gasteiger charge is -2.16. The van der Waals surface area contributed by atoms with Gasteiger partial charge in [-0.15, -0.1) is 0 Å². The fourth-order valence-corrected chi connectivity index (χ4v) is 4.21. The highest BCUT2D eigenvalue weighted by Gasteiger charge is 2.22. The van der Waals surface area contributed by atoms with Crippen molar-refractivity contribution in [2.75, 3.05) is 6.61 Å². The Morgan fingerprint density at radius 3 is 2.75 bits per heavy atom. The minimum absolute atomic E-state index is 0.121. The highest BCUT2D eigenvalue weighted by Crippen LogP contribution is 2.35. The van der Waals surface area contributed by atoms with Crippen LogP contribution in [0.15, 0.2) is 12.3 Å². The van der Waals surface area contributed by atoms with E-state index in [2.05, 4.69) is 42.2 Å². The molecule has 0 saturated heterocycles. The van der Waals surface area contributed by atoms with Crippen LogP contribution in [0.3, 0.4) is 0 Å². The maximum atomic E-state index is 14.5. The van der Waals surface area contributed by atoms with E-state index in [1.165, 1.54) is 6.07 Å². The first-order valence-electron chi connectivity index (χ1n) is 7.47. The van der Waals surface area contributed by atoms with Gasteiger partial charge in [0.1, 0.15) is 6.73 Å². The van der Waals surface area contributed by atoms with Crippen LogP contribution >= 0.6 is 34.2 Å². The lowest BCUT2D eigenvalue weighted by atomic mass is 10.1. The Morgan fingerprint density at radius 2 is 2.17 bits per heavy atom. The Labute approximate surface area is 160 Å². The highest BCUT2D eigenvalue weighted by molar-refractivity contribution is 14.1. The molecular weight excluding hydrogens is 462 g/mol. The summed E-state index contributed by atoms with van der Waals surface area (Å²) in [6, 6.07) is 4.09. The number of aliphatic hydroxyl groups excluding tert-OH is 1. The molecule has 0 aliphatic carbocycles. The first-order chi connectivity index (χ1) is 11.2. The first-order valence-corrected chi connectivity index (χ1v) is 12.6. The third kappa shape index (κ3) is 4.29. The number of nitriles is 1. The number of aliphatic hydroxyl groups is 1. The molecule has 24 heavy (non-hydrogen) atoms. The summed E-state index contributed by atoms with van der Waals surface area (Å²) in [4.78, 5) is 0. The molecular formula is C16H19ClFIN2O2Si. The molecule has 0 aliphatic rings. The van der Waals surface area contributed by atoms with Gasteiger partial charge in [-0.25, -0.2) is 4.39 Å². The number of ether oxygens (including phenoxy) is 1. The van der Waals surface area contributed by atoms with Crippen LogP contribution in [-0.2, 0) is 11.5 Å². The quantitative estimate of drug-likeness (QED) is 0.277. The maximum absolute atomic E-state index is 14.5. The topological polar surface area (TPSA) is 58.2 Å². The zero-order chi connectivity index (χ0) is 18.1. The third-order valence-corrected chi connectivity index (χ3v) is 6.46. The monoisotopic (exact) mass is 480 g/mol. The van der Waals surface area contributed by atoms with Crippen LogP contribution in [0.25, 0.3) is 10.9 Å². The van der Waals surface area contributed by atoms with Gasteiger partial charge in [0.25, 0.3) is 0 Å². The smallest absolute Gasteiger partial charge is 0.166 e. The van der Waals surface area contributed by atoms with Crippen molar-refractivity contribution >= 4 is 53.2 Å². The van der Waals surface area contributed by atoms with Crippen LogP contribution in [0, 0.1) is 20.7 Å². The number of halogens is 3. The second-order valence-corrected chi connectivity index (χ2v) is 14.0. The number of aromatic nitrogens is 1. The Morgan fingerprint density at radius 1 is 1.50 bits per heavy atom. The summed E-state index contributed by atoms with van der Waals surface area (Å²) < 4.78 is 22.6. The molecule has 4 nitrogen and oxygen atoms in total. The van der Waals surface area contributed by atoms with Gasteiger partial charge in [0.15, 0.2) is 11.9 Å². The molecule has 1 heterocycles. The Hall–Kier alpha value is -0.663. The van der Waals surface area contributed by atoms with E-state index >= 15 is 0 Å². The summed E-state index contributed by atoms with van der Waals surface area (Å²) in [5.41, 5.74) is 0.563. The van der Waals surface area contributed by atoms with Gasteiger partial charge in [-0.1, -0.05) is 31.2 Å². The van der Waals surface area contributed by atoms with Crippen molar-refractivity contribution in [3.63, 3.8) is 0 Å². The van der Waals surface area contributed by atoms with E-state index < -0.39 is 20.0 Å². The van der Waals surface area contributed by atoms with Gasteiger partial charge in [0.05, 0.1) is 16.6 Å². The Bertz CT molecular complexity index is 798. The van der Waals surface area contributed by atoms with Gasteiger partial charge in [0, 0.05) is 35.4 Å². The number of fused-ring (bicyclic) bond motifs is 1. The second-order valence-electron chi connectivity index (χ2n) is 6.81. The molecule has 0 amide bonds. The highest BCUT2D eigenvalue weighted by atomic mass is 127. The standard InChI is InChI=1S/C16H19ClFIN2O2Si/c1-24(2,3)5-4-23-9-21-8-12(19)14-10(13(22)7-20)6-11(17)15(18)16(14)21/h6,8,13,22H,4-5,9H2,1-3H3. The van der Waals surface area contributed by atoms with Gasteiger partial charge >= 0.3 is 0 Å². The van der Waals surface area contributed by atoms with E-state index in [0.29, 0.717) is 17.6 Å². The van der Waals surface area contributed by atoms with Crippen molar-refractivity contribution in [3.05, 3.63) is 32.2 Å². The molecule has 1 atom stereocenters. The molecule has 0 saturated carbocycles. The fourth-order valence-electron chi connectivity index (χ4n) is 2.35. The largest absolute Gasteiger partial charge is 0.374 e. The summed E-state index contributed by atoms with van der Waals surface area (Å²) in [5.74, 6) is -0.572. The van der Waals surface area contributed by atoms with Crippen LogP contribution in [0.2, 0.25) is 30.7 Å². The molecule has 2 rings (SSSR count). The number of benzene rings is 1. The molecule has 0 radical (unpaired) electrons. The average Bonchev–Trinajstić information content (AvgIpc) is 2.82. The molecule has 0 aliphatic heterocycles. The lowest BCUT2D eigenvalue weighted by molar-refractivity contribution is 0.0898. The number of rotatable bonds is 6.